The molecule has 0 saturated carbocycles. The first-order chi connectivity index (χ1) is 9.97. The molecule has 1 aromatic carbocycles. The predicted molar refractivity (Wildman–Crippen MR) is 82.5 cm³/mol. The molecule has 0 unspecified atom stereocenters. The number of aromatic nitrogens is 2. The first-order valence-corrected chi connectivity index (χ1v) is 6.79. The molecule has 2 rings (SSSR count). The third-order valence-corrected chi connectivity index (χ3v) is 3.44. The summed E-state index contributed by atoms with van der Waals surface area (Å²) < 4.78 is 10.1. The molecule has 0 saturated heterocycles. The van der Waals surface area contributed by atoms with Gasteiger partial charge in [0.05, 0.1) is 19.8 Å². The lowest BCUT2D eigenvalue weighted by Crippen LogP contribution is -2.09. The molecule has 0 aliphatic carbocycles. The molecule has 0 radical (unpaired) electrons. The average Bonchev–Trinajstić information content (AvgIpc) is 2.46. The van der Waals surface area contributed by atoms with Gasteiger partial charge in [0, 0.05) is 10.7 Å². The van der Waals surface area contributed by atoms with E-state index >= 15 is 0 Å². The highest BCUT2D eigenvalue weighted by molar-refractivity contribution is 7.71. The van der Waals surface area contributed by atoms with E-state index in [9.17, 15) is 4.79 Å². The number of aryl methyl sites for hydroxylation is 1. The minimum Gasteiger partial charge on any atom is -0.496 e. The fourth-order valence-corrected chi connectivity index (χ4v) is 2.42. The molecule has 0 aliphatic rings. The molecule has 110 valence electrons. The first kappa shape index (κ1) is 15.5. The minimum atomic E-state index is -0.522. The number of benzene rings is 1. The van der Waals surface area contributed by atoms with E-state index in [1.807, 2.05) is 0 Å². The summed E-state index contributed by atoms with van der Waals surface area (Å²) in [6.07, 6.45) is 0. The quantitative estimate of drug-likeness (QED) is 0.690. The Labute approximate surface area is 131 Å². The zero-order valence-corrected chi connectivity index (χ0v) is 13.3. The number of H-pyrrole nitrogens is 1. The zero-order valence-electron chi connectivity index (χ0n) is 11.7. The van der Waals surface area contributed by atoms with E-state index in [1.165, 1.54) is 7.11 Å². The topological polar surface area (TPSA) is 64.2 Å². The number of carbonyl (C=O) groups is 1. The van der Waals surface area contributed by atoms with Crippen LogP contribution in [0.15, 0.2) is 18.2 Å². The first-order valence-electron chi connectivity index (χ1n) is 6.01. The number of nitrogens with zero attached hydrogens (tertiary/aromatic N) is 1. The van der Waals surface area contributed by atoms with Crippen molar-refractivity contribution in [3.63, 3.8) is 0 Å². The largest absolute Gasteiger partial charge is 0.496 e. The Balaban J connectivity index is 2.65. The van der Waals surface area contributed by atoms with Gasteiger partial charge in [0.25, 0.3) is 0 Å². The summed E-state index contributed by atoms with van der Waals surface area (Å²) >= 11 is 11.2. The van der Waals surface area contributed by atoms with E-state index in [1.54, 1.807) is 32.2 Å². The normalized spacial score (nSPS) is 10.3. The number of nitrogens with one attached hydrogen (secondary N) is 1. The highest BCUT2D eigenvalue weighted by Crippen LogP contribution is 2.30. The fourth-order valence-electron chi connectivity index (χ4n) is 1.92. The van der Waals surface area contributed by atoms with E-state index in [0.29, 0.717) is 27.9 Å². The number of hydrogen-bond acceptors (Lipinski definition) is 5. The summed E-state index contributed by atoms with van der Waals surface area (Å²) in [6.45, 7) is 1.73. The molecule has 0 atom stereocenters. The van der Waals surface area contributed by atoms with Gasteiger partial charge in [0.2, 0.25) is 0 Å². The highest BCUT2D eigenvalue weighted by Gasteiger charge is 2.16. The third kappa shape index (κ3) is 3.06. The molecule has 7 heteroatoms. The number of ether oxygens (including phenoxy) is 2. The van der Waals surface area contributed by atoms with Gasteiger partial charge >= 0.3 is 5.97 Å². The van der Waals surface area contributed by atoms with E-state index in [-0.39, 0.29) is 10.2 Å². The SMILES string of the molecule is COC(=O)c1c(C)[nH]c(-c2cc(Cl)ccc2OC)nc1=S. The summed E-state index contributed by atoms with van der Waals surface area (Å²) in [5, 5.41) is 0.543. The number of carbonyl (C=O) groups excluding carboxylic acids is 1. The maximum absolute atomic E-state index is 11.7. The van der Waals surface area contributed by atoms with Crippen molar-refractivity contribution in [2.45, 2.75) is 6.92 Å². The molecule has 2 aromatic rings. The zero-order chi connectivity index (χ0) is 15.6. The molecule has 0 bridgehead atoms. The number of rotatable bonds is 3. The van der Waals surface area contributed by atoms with Crippen LogP contribution in [-0.2, 0) is 4.74 Å². The fraction of sp³-hybridized carbons (Fsp3) is 0.214. The second-order valence-corrected chi connectivity index (χ2v) is 5.05. The summed E-state index contributed by atoms with van der Waals surface area (Å²) in [6, 6.07) is 5.17. The van der Waals surface area contributed by atoms with E-state index in [2.05, 4.69) is 9.97 Å². The summed E-state index contributed by atoms with van der Waals surface area (Å²) in [5.74, 6) is 0.554. The molecule has 0 aliphatic heterocycles. The van der Waals surface area contributed by atoms with Crippen LogP contribution < -0.4 is 4.74 Å². The Morgan fingerprint density at radius 3 is 2.67 bits per heavy atom. The molecular weight excluding hydrogens is 312 g/mol. The molecule has 1 N–H and O–H groups in total. The molecular formula is C14H13ClN2O3S. The number of esters is 1. The summed E-state index contributed by atoms with van der Waals surface area (Å²) in [4.78, 5) is 19.0. The molecule has 0 amide bonds. The van der Waals surface area contributed by atoms with Crippen molar-refractivity contribution in [3.05, 3.63) is 39.1 Å². The molecule has 0 fully saturated rings. The van der Waals surface area contributed by atoms with Crippen LogP contribution in [0.25, 0.3) is 11.4 Å². The minimum absolute atomic E-state index is 0.162. The van der Waals surface area contributed by atoms with Crippen LogP contribution in [0, 0.1) is 11.6 Å². The second kappa shape index (κ2) is 6.24. The van der Waals surface area contributed by atoms with Crippen molar-refractivity contribution >= 4 is 29.8 Å². The molecule has 1 aromatic heterocycles. The van der Waals surface area contributed by atoms with Gasteiger partial charge in [0.15, 0.2) is 0 Å². The molecule has 0 spiro atoms. The maximum Gasteiger partial charge on any atom is 0.342 e. The van der Waals surface area contributed by atoms with Crippen molar-refractivity contribution in [1.29, 1.82) is 0 Å². The number of aromatic amines is 1. The maximum atomic E-state index is 11.7. The smallest absolute Gasteiger partial charge is 0.342 e. The monoisotopic (exact) mass is 324 g/mol. The van der Waals surface area contributed by atoms with Gasteiger partial charge in [0.1, 0.15) is 21.8 Å². The highest BCUT2D eigenvalue weighted by atomic mass is 35.5. The van der Waals surface area contributed by atoms with Crippen molar-refractivity contribution < 1.29 is 14.3 Å². The van der Waals surface area contributed by atoms with Crippen LogP contribution >= 0.6 is 23.8 Å². The second-order valence-electron chi connectivity index (χ2n) is 4.23. The Morgan fingerprint density at radius 2 is 2.10 bits per heavy atom. The lowest BCUT2D eigenvalue weighted by molar-refractivity contribution is 0.0598. The molecule has 5 nitrogen and oxygen atoms in total. The standard InChI is InChI=1S/C14H13ClN2O3S/c1-7-11(14(18)20-3)13(21)17-12(16-7)9-6-8(15)4-5-10(9)19-2/h4-6H,1-3H3,(H,16,17,21). The molecule has 1 heterocycles. The number of methoxy groups -OCH3 is 2. The van der Waals surface area contributed by atoms with Gasteiger partial charge in [-0.3, -0.25) is 0 Å². The lowest BCUT2D eigenvalue weighted by atomic mass is 10.1. The summed E-state index contributed by atoms with van der Waals surface area (Å²) in [5.41, 5.74) is 1.48. The third-order valence-electron chi connectivity index (χ3n) is 2.91. The Kier molecular flexibility index (Phi) is 4.59. The van der Waals surface area contributed by atoms with Crippen molar-refractivity contribution in [1.82, 2.24) is 9.97 Å². The van der Waals surface area contributed by atoms with E-state index in [4.69, 9.17) is 33.3 Å². The summed E-state index contributed by atoms with van der Waals surface area (Å²) in [7, 11) is 2.85. The van der Waals surface area contributed by atoms with Gasteiger partial charge in [-0.2, -0.15) is 0 Å². The van der Waals surface area contributed by atoms with E-state index < -0.39 is 5.97 Å². The van der Waals surface area contributed by atoms with Crippen LogP contribution in [0.2, 0.25) is 5.02 Å². The molecule has 21 heavy (non-hydrogen) atoms. The van der Waals surface area contributed by atoms with Crippen LogP contribution in [-0.4, -0.2) is 30.2 Å². The van der Waals surface area contributed by atoms with Crippen molar-refractivity contribution in [2.75, 3.05) is 14.2 Å². The number of hydrogen-bond donors (Lipinski definition) is 1. The average molecular weight is 325 g/mol. The lowest BCUT2D eigenvalue weighted by Gasteiger charge is -2.11. The van der Waals surface area contributed by atoms with Crippen molar-refractivity contribution in [2.24, 2.45) is 0 Å². The van der Waals surface area contributed by atoms with Crippen LogP contribution in [0.3, 0.4) is 0 Å². The Morgan fingerprint density at radius 1 is 1.38 bits per heavy atom. The van der Waals surface area contributed by atoms with Crippen molar-refractivity contribution in [3.8, 4) is 17.1 Å². The van der Waals surface area contributed by atoms with Crippen LogP contribution in [0.1, 0.15) is 16.1 Å². The van der Waals surface area contributed by atoms with Gasteiger partial charge in [-0.15, -0.1) is 0 Å². The Bertz CT molecular complexity index is 758. The van der Waals surface area contributed by atoms with E-state index in [0.717, 1.165) is 0 Å². The predicted octanol–water partition coefficient (Wildman–Crippen LogP) is 3.56. The van der Waals surface area contributed by atoms with Gasteiger partial charge in [-0.1, -0.05) is 23.8 Å². The van der Waals surface area contributed by atoms with Crippen LogP contribution in [0.4, 0.5) is 0 Å². The van der Waals surface area contributed by atoms with Crippen LogP contribution in [0.5, 0.6) is 5.75 Å². The van der Waals surface area contributed by atoms with Gasteiger partial charge in [-0.05, 0) is 25.1 Å². The Hall–Kier alpha value is -1.92. The van der Waals surface area contributed by atoms with Gasteiger partial charge in [-0.25, -0.2) is 9.78 Å². The van der Waals surface area contributed by atoms with Gasteiger partial charge < -0.3 is 14.5 Å². The number of halogens is 1.